The molecule has 0 bridgehead atoms. The van der Waals surface area contributed by atoms with Gasteiger partial charge in [0.1, 0.15) is 5.75 Å². The number of methoxy groups -OCH3 is 1. The summed E-state index contributed by atoms with van der Waals surface area (Å²) in [4.78, 5) is 11.1. The van der Waals surface area contributed by atoms with E-state index in [1.54, 1.807) is 19.5 Å². The third-order valence-electron chi connectivity index (χ3n) is 4.20. The van der Waals surface area contributed by atoms with Crippen molar-refractivity contribution in [2.75, 3.05) is 45.7 Å². The smallest absolute Gasteiger partial charge is 0.225 e. The minimum Gasteiger partial charge on any atom is -0.497 e. The zero-order valence-corrected chi connectivity index (χ0v) is 14.6. The lowest BCUT2D eigenvalue weighted by atomic mass is 10.2. The summed E-state index contributed by atoms with van der Waals surface area (Å²) in [7, 11) is 6.18. The van der Waals surface area contributed by atoms with Crippen molar-refractivity contribution < 1.29 is 9.22 Å². The van der Waals surface area contributed by atoms with Gasteiger partial charge in [-0.1, -0.05) is 12.1 Å². The van der Waals surface area contributed by atoms with Crippen LogP contribution in [-0.4, -0.2) is 55.3 Å². The van der Waals surface area contributed by atoms with Crippen LogP contribution in [0.15, 0.2) is 42.7 Å². The fourth-order valence-electron chi connectivity index (χ4n) is 2.21. The number of quaternary nitrogens is 1. The standard InChI is InChI=1S/C18H27N4O/c1-5-22(2,3)14-13-21(18-19-11-6-12-20-18)15-16-7-9-17(23-4)10-8-16/h6-12H,5,13-15H2,1-4H3/q+1. The summed E-state index contributed by atoms with van der Waals surface area (Å²) >= 11 is 0. The Morgan fingerprint density at radius 3 is 2.30 bits per heavy atom. The van der Waals surface area contributed by atoms with Crippen LogP contribution < -0.4 is 9.64 Å². The molecule has 0 aliphatic heterocycles. The van der Waals surface area contributed by atoms with E-state index in [1.807, 2.05) is 18.2 Å². The van der Waals surface area contributed by atoms with E-state index in [0.717, 1.165) is 42.4 Å². The maximum absolute atomic E-state index is 5.22. The third-order valence-corrected chi connectivity index (χ3v) is 4.20. The molecule has 0 saturated carbocycles. The second-order valence-corrected chi connectivity index (χ2v) is 6.29. The Balaban J connectivity index is 2.12. The summed E-state index contributed by atoms with van der Waals surface area (Å²) in [5.74, 6) is 1.65. The largest absolute Gasteiger partial charge is 0.497 e. The molecule has 0 saturated heterocycles. The van der Waals surface area contributed by atoms with Crippen molar-refractivity contribution in [3.63, 3.8) is 0 Å². The van der Waals surface area contributed by atoms with Crippen molar-refractivity contribution in [3.05, 3.63) is 48.3 Å². The van der Waals surface area contributed by atoms with Crippen LogP contribution in [-0.2, 0) is 6.54 Å². The Bertz CT molecular complexity index is 584. The van der Waals surface area contributed by atoms with E-state index in [1.165, 1.54) is 5.56 Å². The van der Waals surface area contributed by atoms with Crippen LogP contribution in [0.4, 0.5) is 5.95 Å². The molecule has 5 heteroatoms. The molecule has 0 N–H and O–H groups in total. The summed E-state index contributed by atoms with van der Waals surface area (Å²) in [5, 5.41) is 0. The highest BCUT2D eigenvalue weighted by Gasteiger charge is 2.17. The van der Waals surface area contributed by atoms with E-state index < -0.39 is 0 Å². The van der Waals surface area contributed by atoms with Crippen LogP contribution in [0.2, 0.25) is 0 Å². The maximum Gasteiger partial charge on any atom is 0.225 e. The summed E-state index contributed by atoms with van der Waals surface area (Å²) < 4.78 is 6.20. The molecule has 2 rings (SSSR count). The number of benzene rings is 1. The van der Waals surface area contributed by atoms with E-state index >= 15 is 0 Å². The molecule has 2 aromatic rings. The van der Waals surface area contributed by atoms with Gasteiger partial charge in [-0.3, -0.25) is 0 Å². The molecule has 0 amide bonds. The summed E-state index contributed by atoms with van der Waals surface area (Å²) in [5.41, 5.74) is 1.22. The Hall–Kier alpha value is -2.14. The Kier molecular flexibility index (Phi) is 5.93. The second-order valence-electron chi connectivity index (χ2n) is 6.29. The van der Waals surface area contributed by atoms with Crippen molar-refractivity contribution >= 4 is 5.95 Å². The van der Waals surface area contributed by atoms with Gasteiger partial charge >= 0.3 is 0 Å². The van der Waals surface area contributed by atoms with Crippen molar-refractivity contribution in [2.24, 2.45) is 0 Å². The number of aromatic nitrogens is 2. The van der Waals surface area contributed by atoms with Gasteiger partial charge in [0, 0.05) is 18.9 Å². The Morgan fingerprint density at radius 1 is 1.09 bits per heavy atom. The molecule has 0 fully saturated rings. The highest BCUT2D eigenvalue weighted by molar-refractivity contribution is 5.34. The molecule has 0 unspecified atom stereocenters. The molecule has 0 aliphatic rings. The molecule has 124 valence electrons. The molecule has 0 aliphatic carbocycles. The molecule has 0 atom stereocenters. The van der Waals surface area contributed by atoms with Crippen molar-refractivity contribution in [3.8, 4) is 5.75 Å². The predicted molar refractivity (Wildman–Crippen MR) is 93.6 cm³/mol. The number of hydrogen-bond acceptors (Lipinski definition) is 4. The van der Waals surface area contributed by atoms with Crippen LogP contribution in [0, 0.1) is 0 Å². The monoisotopic (exact) mass is 315 g/mol. The first-order valence-electron chi connectivity index (χ1n) is 8.01. The number of nitrogens with zero attached hydrogens (tertiary/aromatic N) is 4. The number of rotatable bonds is 8. The Morgan fingerprint density at radius 2 is 1.74 bits per heavy atom. The topological polar surface area (TPSA) is 38.2 Å². The zero-order chi connectivity index (χ0) is 16.7. The maximum atomic E-state index is 5.22. The first kappa shape index (κ1) is 17.2. The second kappa shape index (κ2) is 7.92. The molecule has 0 spiro atoms. The average molecular weight is 315 g/mol. The molecule has 1 heterocycles. The van der Waals surface area contributed by atoms with Gasteiger partial charge in [0.05, 0.1) is 40.8 Å². The highest BCUT2D eigenvalue weighted by atomic mass is 16.5. The predicted octanol–water partition coefficient (Wildman–Crippen LogP) is 2.59. The lowest BCUT2D eigenvalue weighted by Gasteiger charge is -2.31. The quantitative estimate of drug-likeness (QED) is 0.702. The summed E-state index contributed by atoms with van der Waals surface area (Å²) in [6, 6.07) is 10.0. The van der Waals surface area contributed by atoms with Gasteiger partial charge in [-0.15, -0.1) is 0 Å². The summed E-state index contributed by atoms with van der Waals surface area (Å²) in [6.07, 6.45) is 3.59. The molecule has 1 aromatic carbocycles. The minimum absolute atomic E-state index is 0.777. The number of anilines is 1. The molecular formula is C18H27N4O+. The number of likely N-dealkylation sites (N-methyl/N-ethyl adjacent to an activating group) is 1. The van der Waals surface area contributed by atoms with E-state index in [2.05, 4.69) is 48.0 Å². The van der Waals surface area contributed by atoms with Gasteiger partial charge < -0.3 is 14.1 Å². The van der Waals surface area contributed by atoms with Crippen LogP contribution >= 0.6 is 0 Å². The van der Waals surface area contributed by atoms with E-state index in [-0.39, 0.29) is 0 Å². The molecule has 0 radical (unpaired) electrons. The van der Waals surface area contributed by atoms with Crippen LogP contribution in [0.5, 0.6) is 5.75 Å². The van der Waals surface area contributed by atoms with Gasteiger partial charge in [-0.05, 0) is 30.7 Å². The minimum atomic E-state index is 0.777. The molecule has 5 nitrogen and oxygen atoms in total. The van der Waals surface area contributed by atoms with Crippen LogP contribution in [0.25, 0.3) is 0 Å². The van der Waals surface area contributed by atoms with Crippen LogP contribution in [0.3, 0.4) is 0 Å². The highest BCUT2D eigenvalue weighted by Crippen LogP contribution is 2.16. The van der Waals surface area contributed by atoms with E-state index in [9.17, 15) is 0 Å². The van der Waals surface area contributed by atoms with E-state index in [0.29, 0.717) is 0 Å². The fourth-order valence-corrected chi connectivity index (χ4v) is 2.21. The Labute approximate surface area is 139 Å². The van der Waals surface area contributed by atoms with Gasteiger partial charge in [-0.25, -0.2) is 9.97 Å². The zero-order valence-electron chi connectivity index (χ0n) is 14.6. The normalized spacial score (nSPS) is 11.3. The fraction of sp³-hybridized carbons (Fsp3) is 0.444. The van der Waals surface area contributed by atoms with Gasteiger partial charge in [-0.2, -0.15) is 0 Å². The first-order chi connectivity index (χ1) is 11.0. The van der Waals surface area contributed by atoms with Crippen molar-refractivity contribution in [1.82, 2.24) is 9.97 Å². The number of ether oxygens (including phenoxy) is 1. The lowest BCUT2D eigenvalue weighted by Crippen LogP contribution is -2.45. The average Bonchev–Trinajstić information content (AvgIpc) is 2.60. The van der Waals surface area contributed by atoms with Crippen molar-refractivity contribution in [2.45, 2.75) is 13.5 Å². The molecule has 23 heavy (non-hydrogen) atoms. The van der Waals surface area contributed by atoms with Crippen molar-refractivity contribution in [1.29, 1.82) is 0 Å². The first-order valence-corrected chi connectivity index (χ1v) is 8.01. The third kappa shape index (κ3) is 5.21. The number of hydrogen-bond donors (Lipinski definition) is 0. The molecular weight excluding hydrogens is 288 g/mol. The van der Waals surface area contributed by atoms with Gasteiger partial charge in [0.15, 0.2) is 0 Å². The van der Waals surface area contributed by atoms with E-state index in [4.69, 9.17) is 4.74 Å². The lowest BCUT2D eigenvalue weighted by molar-refractivity contribution is -0.887. The molecule has 1 aromatic heterocycles. The summed E-state index contributed by atoms with van der Waals surface area (Å²) in [6.45, 7) is 6.07. The van der Waals surface area contributed by atoms with Gasteiger partial charge in [0.2, 0.25) is 5.95 Å². The van der Waals surface area contributed by atoms with Gasteiger partial charge in [0.25, 0.3) is 0 Å². The van der Waals surface area contributed by atoms with Crippen LogP contribution in [0.1, 0.15) is 12.5 Å². The SMILES string of the molecule is CC[N+](C)(C)CCN(Cc1ccc(OC)cc1)c1ncccn1.